The molecule has 0 saturated carbocycles. The first kappa shape index (κ1) is 14.5. The molecule has 1 aromatic heterocycles. The van der Waals surface area contributed by atoms with Crippen LogP contribution >= 0.6 is 11.6 Å². The molecule has 1 amide bonds. The molecule has 0 aliphatic carbocycles. The minimum Gasteiger partial charge on any atom is -0.477 e. The zero-order valence-electron chi connectivity index (χ0n) is 10.5. The van der Waals surface area contributed by atoms with Crippen molar-refractivity contribution in [2.45, 2.75) is 0 Å². The number of amides is 1. The molecule has 2 aromatic rings. The Bertz CT molecular complexity index is 751. The molecule has 0 aliphatic rings. The van der Waals surface area contributed by atoms with E-state index in [1.54, 1.807) is 0 Å². The smallest absolute Gasteiger partial charge is 0.354 e. The molecular weight excluding hydrogens is 294 g/mol. The molecule has 21 heavy (non-hydrogen) atoms. The number of hydrogen-bond acceptors (Lipinski definition) is 4. The Morgan fingerprint density at radius 3 is 2.62 bits per heavy atom. The average molecular weight is 302 g/mol. The number of aromatic carboxylic acids is 1. The number of nitriles is 1. The van der Waals surface area contributed by atoms with Crippen molar-refractivity contribution in [2.75, 3.05) is 5.32 Å². The standard InChI is InChI=1S/C14H8ClN3O3/c15-10-3-1-8(6-16)5-12(10)18-13(19)9-2-4-11(14(20)21)17-7-9/h1-5,7H,(H,18,19)(H,20,21). The van der Waals surface area contributed by atoms with Crippen LogP contribution < -0.4 is 5.32 Å². The van der Waals surface area contributed by atoms with Crippen molar-refractivity contribution in [1.82, 2.24) is 4.98 Å². The van der Waals surface area contributed by atoms with E-state index in [-0.39, 0.29) is 16.3 Å². The Morgan fingerprint density at radius 1 is 1.29 bits per heavy atom. The number of carboxylic acid groups (broad SMARTS) is 1. The number of benzene rings is 1. The summed E-state index contributed by atoms with van der Waals surface area (Å²) in [5, 5.41) is 20.4. The molecule has 0 atom stereocenters. The number of carboxylic acids is 1. The monoisotopic (exact) mass is 301 g/mol. The van der Waals surface area contributed by atoms with E-state index in [0.29, 0.717) is 11.3 Å². The van der Waals surface area contributed by atoms with Crippen LogP contribution in [0.3, 0.4) is 0 Å². The Morgan fingerprint density at radius 2 is 2.05 bits per heavy atom. The molecule has 1 aromatic carbocycles. The first-order chi connectivity index (χ1) is 10.0. The molecule has 104 valence electrons. The van der Waals surface area contributed by atoms with Gasteiger partial charge in [0.2, 0.25) is 0 Å². The second-order valence-corrected chi connectivity index (χ2v) is 4.41. The third-order valence-electron chi connectivity index (χ3n) is 2.59. The summed E-state index contributed by atoms with van der Waals surface area (Å²) in [6.07, 6.45) is 1.15. The van der Waals surface area contributed by atoms with Gasteiger partial charge in [0.15, 0.2) is 0 Å². The Hall–Kier alpha value is -2.91. The van der Waals surface area contributed by atoms with Crippen molar-refractivity contribution in [3.63, 3.8) is 0 Å². The van der Waals surface area contributed by atoms with Gasteiger partial charge in [-0.05, 0) is 30.3 Å². The van der Waals surface area contributed by atoms with Crippen LogP contribution in [-0.2, 0) is 0 Å². The average Bonchev–Trinajstić information content (AvgIpc) is 2.49. The number of nitrogens with zero attached hydrogens (tertiary/aromatic N) is 2. The summed E-state index contributed by atoms with van der Waals surface area (Å²) < 4.78 is 0. The second-order valence-electron chi connectivity index (χ2n) is 4.00. The number of carbonyl (C=O) groups is 2. The number of rotatable bonds is 3. The van der Waals surface area contributed by atoms with Crippen LogP contribution in [0.15, 0.2) is 36.5 Å². The number of nitrogens with one attached hydrogen (secondary N) is 1. The van der Waals surface area contributed by atoms with Crippen LogP contribution in [0.5, 0.6) is 0 Å². The number of aromatic nitrogens is 1. The van der Waals surface area contributed by atoms with Crippen molar-refractivity contribution in [2.24, 2.45) is 0 Å². The van der Waals surface area contributed by atoms with Crippen LogP contribution in [0.4, 0.5) is 5.69 Å². The van der Waals surface area contributed by atoms with E-state index in [4.69, 9.17) is 22.0 Å². The number of anilines is 1. The van der Waals surface area contributed by atoms with Gasteiger partial charge < -0.3 is 10.4 Å². The fraction of sp³-hybridized carbons (Fsp3) is 0. The highest BCUT2D eigenvalue weighted by atomic mass is 35.5. The fourth-order valence-electron chi connectivity index (χ4n) is 1.54. The van der Waals surface area contributed by atoms with Crippen molar-refractivity contribution >= 4 is 29.2 Å². The number of pyridine rings is 1. The summed E-state index contributed by atoms with van der Waals surface area (Å²) >= 11 is 5.93. The highest BCUT2D eigenvalue weighted by Gasteiger charge is 2.11. The summed E-state index contributed by atoms with van der Waals surface area (Å²) in [5.74, 6) is -1.68. The van der Waals surface area contributed by atoms with Crippen molar-refractivity contribution in [3.8, 4) is 6.07 Å². The van der Waals surface area contributed by atoms with Crippen LogP contribution in [0.2, 0.25) is 5.02 Å². The molecule has 1 heterocycles. The van der Waals surface area contributed by atoms with E-state index >= 15 is 0 Å². The number of halogens is 1. The van der Waals surface area contributed by atoms with Crippen LogP contribution in [0, 0.1) is 11.3 Å². The van der Waals surface area contributed by atoms with Gasteiger partial charge in [-0.2, -0.15) is 5.26 Å². The summed E-state index contributed by atoms with van der Waals surface area (Å²) in [6, 6.07) is 8.98. The normalized spacial score (nSPS) is 9.71. The van der Waals surface area contributed by atoms with E-state index in [1.807, 2.05) is 6.07 Å². The largest absolute Gasteiger partial charge is 0.477 e. The predicted octanol–water partition coefficient (Wildman–Crippen LogP) is 2.56. The van der Waals surface area contributed by atoms with E-state index in [9.17, 15) is 9.59 Å². The van der Waals surface area contributed by atoms with Gasteiger partial charge in [0.05, 0.1) is 27.9 Å². The lowest BCUT2D eigenvalue weighted by Crippen LogP contribution is -2.13. The van der Waals surface area contributed by atoms with Gasteiger partial charge in [0.25, 0.3) is 5.91 Å². The summed E-state index contributed by atoms with van der Waals surface area (Å²) in [4.78, 5) is 26.3. The SMILES string of the molecule is N#Cc1ccc(Cl)c(NC(=O)c2ccc(C(=O)O)nc2)c1. The molecule has 7 heteroatoms. The minimum atomic E-state index is -1.17. The van der Waals surface area contributed by atoms with Gasteiger partial charge in [0.1, 0.15) is 5.69 Å². The topological polar surface area (TPSA) is 103 Å². The first-order valence-corrected chi connectivity index (χ1v) is 6.09. The fourth-order valence-corrected chi connectivity index (χ4v) is 1.70. The molecule has 0 radical (unpaired) electrons. The summed E-state index contributed by atoms with van der Waals surface area (Å²) in [5.41, 5.74) is 0.673. The van der Waals surface area contributed by atoms with Crippen molar-refractivity contribution in [1.29, 1.82) is 5.26 Å². The Balaban J connectivity index is 2.22. The molecule has 0 bridgehead atoms. The molecule has 2 rings (SSSR count). The van der Waals surface area contributed by atoms with Gasteiger partial charge in [-0.1, -0.05) is 11.6 Å². The maximum Gasteiger partial charge on any atom is 0.354 e. The highest BCUT2D eigenvalue weighted by Crippen LogP contribution is 2.23. The first-order valence-electron chi connectivity index (χ1n) is 5.71. The lowest BCUT2D eigenvalue weighted by molar-refractivity contribution is 0.0690. The Kier molecular flexibility index (Phi) is 4.16. The molecule has 0 aliphatic heterocycles. The maximum absolute atomic E-state index is 12.0. The number of hydrogen-bond donors (Lipinski definition) is 2. The summed E-state index contributed by atoms with van der Waals surface area (Å²) in [7, 11) is 0. The third kappa shape index (κ3) is 3.35. The van der Waals surface area contributed by atoms with E-state index < -0.39 is 11.9 Å². The third-order valence-corrected chi connectivity index (χ3v) is 2.92. The van der Waals surface area contributed by atoms with Gasteiger partial charge in [-0.3, -0.25) is 4.79 Å². The predicted molar refractivity (Wildman–Crippen MR) is 75.3 cm³/mol. The highest BCUT2D eigenvalue weighted by molar-refractivity contribution is 6.34. The zero-order valence-corrected chi connectivity index (χ0v) is 11.3. The molecule has 0 fully saturated rings. The molecule has 6 nitrogen and oxygen atoms in total. The van der Waals surface area contributed by atoms with Gasteiger partial charge >= 0.3 is 5.97 Å². The number of carbonyl (C=O) groups excluding carboxylic acids is 1. The van der Waals surface area contributed by atoms with Gasteiger partial charge in [-0.25, -0.2) is 9.78 Å². The zero-order chi connectivity index (χ0) is 15.4. The molecule has 0 saturated heterocycles. The lowest BCUT2D eigenvalue weighted by Gasteiger charge is -2.07. The van der Waals surface area contributed by atoms with Gasteiger partial charge in [0, 0.05) is 6.20 Å². The van der Waals surface area contributed by atoms with Crippen molar-refractivity contribution < 1.29 is 14.7 Å². The van der Waals surface area contributed by atoms with Crippen LogP contribution in [-0.4, -0.2) is 22.0 Å². The summed E-state index contributed by atoms with van der Waals surface area (Å²) in [6.45, 7) is 0. The molecular formula is C14H8ClN3O3. The maximum atomic E-state index is 12.0. The van der Waals surface area contributed by atoms with Crippen LogP contribution in [0.1, 0.15) is 26.4 Å². The quantitative estimate of drug-likeness (QED) is 0.906. The molecule has 2 N–H and O–H groups in total. The minimum absolute atomic E-state index is 0.156. The second kappa shape index (κ2) is 6.03. The van der Waals surface area contributed by atoms with Crippen LogP contribution in [0.25, 0.3) is 0 Å². The van der Waals surface area contributed by atoms with E-state index in [2.05, 4.69) is 10.3 Å². The van der Waals surface area contributed by atoms with E-state index in [1.165, 1.54) is 30.3 Å². The molecule has 0 spiro atoms. The van der Waals surface area contributed by atoms with Gasteiger partial charge in [-0.15, -0.1) is 0 Å². The van der Waals surface area contributed by atoms with Crippen molar-refractivity contribution in [3.05, 3.63) is 58.4 Å². The molecule has 0 unspecified atom stereocenters. The van der Waals surface area contributed by atoms with E-state index in [0.717, 1.165) is 6.20 Å². The Labute approximate surface area is 124 Å². The lowest BCUT2D eigenvalue weighted by atomic mass is 10.2.